The molecule has 0 aliphatic rings. The molecule has 6 heteroatoms. The van der Waals surface area contributed by atoms with Crippen LogP contribution in [0.4, 0.5) is 0 Å². The Morgan fingerprint density at radius 2 is 2.10 bits per heavy atom. The zero-order valence-corrected chi connectivity index (χ0v) is 6.25. The Bertz CT molecular complexity index is 138. The highest BCUT2D eigenvalue weighted by atomic mass is 32.2. The minimum Gasteiger partial charge on any atom is -0.396 e. The summed E-state index contributed by atoms with van der Waals surface area (Å²) in [5, 5.41) is 17.0. The van der Waals surface area contributed by atoms with Crippen LogP contribution in [0.15, 0.2) is 0 Å². The molecule has 0 fully saturated rings. The second kappa shape index (κ2) is 5.60. The smallest absolute Gasteiger partial charge is 0.203 e. The van der Waals surface area contributed by atoms with E-state index in [1.54, 1.807) is 0 Å². The lowest BCUT2D eigenvalue weighted by Crippen LogP contribution is -2.27. The van der Waals surface area contributed by atoms with Crippen LogP contribution in [0.2, 0.25) is 0 Å². The average Bonchev–Trinajstić information content (AvgIpc) is 1.82. The van der Waals surface area contributed by atoms with Crippen LogP contribution in [0.5, 0.6) is 0 Å². The predicted octanol–water partition coefficient (Wildman–Crippen LogP) is -1.81. The van der Waals surface area contributed by atoms with Gasteiger partial charge in [0, 0.05) is 6.61 Å². The minimum atomic E-state index is -2.74. The van der Waals surface area contributed by atoms with Gasteiger partial charge in [0.05, 0.1) is 0 Å². The molecule has 1 atom stereocenters. The highest BCUT2D eigenvalue weighted by Gasteiger charge is 2.01. The molecular weight excluding hydrogens is 158 g/mol. The molecule has 0 aliphatic heterocycles. The van der Waals surface area contributed by atoms with Crippen LogP contribution in [0.3, 0.4) is 0 Å². The number of rotatable bonds is 5. The summed E-state index contributed by atoms with van der Waals surface area (Å²) in [5.41, 5.74) is 0. The Morgan fingerprint density at radius 3 is 2.50 bits per heavy atom. The van der Waals surface area contributed by atoms with Crippen LogP contribution >= 0.6 is 0 Å². The third-order valence-electron chi connectivity index (χ3n) is 0.890. The van der Waals surface area contributed by atoms with E-state index in [2.05, 4.69) is 0 Å². The summed E-state index contributed by atoms with van der Waals surface area (Å²) < 4.78 is 21.6. The first kappa shape index (κ1) is 9.83. The van der Waals surface area contributed by atoms with Crippen LogP contribution in [0.1, 0.15) is 12.8 Å². The van der Waals surface area contributed by atoms with Gasteiger partial charge in [0.1, 0.15) is 6.23 Å². The molecule has 3 N–H and O–H groups in total. The Hall–Kier alpha value is -0.170. The number of aliphatic hydroxyl groups is 2. The molecule has 0 rings (SSSR count). The quantitative estimate of drug-likeness (QED) is 0.289. The molecule has 62 valence electrons. The fourth-order valence-electron chi connectivity index (χ4n) is 0.471. The predicted molar refractivity (Wildman–Crippen MR) is 35.8 cm³/mol. The highest BCUT2D eigenvalue weighted by Crippen LogP contribution is 1.90. The SMILES string of the molecule is O=[SH](=O)NC(O)CCCO. The molecule has 0 aromatic carbocycles. The fraction of sp³-hybridized carbons (Fsp3) is 1.00. The molecule has 0 aliphatic carbocycles. The van der Waals surface area contributed by atoms with E-state index < -0.39 is 17.1 Å². The number of thiol groups is 1. The molecular formula is C4H11NO4S. The number of hydrogen-bond acceptors (Lipinski definition) is 4. The van der Waals surface area contributed by atoms with Gasteiger partial charge in [0.15, 0.2) is 0 Å². The maximum atomic E-state index is 9.88. The molecule has 0 amide bonds. The Kier molecular flexibility index (Phi) is 5.51. The first-order valence-corrected chi connectivity index (χ1v) is 4.04. The van der Waals surface area contributed by atoms with E-state index >= 15 is 0 Å². The van der Waals surface area contributed by atoms with Crippen molar-refractivity contribution >= 4 is 10.9 Å². The van der Waals surface area contributed by atoms with Gasteiger partial charge in [-0.3, -0.25) is 0 Å². The summed E-state index contributed by atoms with van der Waals surface area (Å²) in [4.78, 5) is 0. The molecule has 1 unspecified atom stereocenters. The maximum absolute atomic E-state index is 9.88. The maximum Gasteiger partial charge on any atom is 0.203 e. The van der Waals surface area contributed by atoms with Crippen LogP contribution in [-0.2, 0) is 10.9 Å². The van der Waals surface area contributed by atoms with Crippen molar-refractivity contribution in [2.75, 3.05) is 6.61 Å². The summed E-state index contributed by atoms with van der Waals surface area (Å²) in [6, 6.07) is 0. The van der Waals surface area contributed by atoms with Gasteiger partial charge in [-0.2, -0.15) is 4.72 Å². The topological polar surface area (TPSA) is 86.6 Å². The van der Waals surface area contributed by atoms with Crippen molar-refractivity contribution in [1.29, 1.82) is 0 Å². The Balaban J connectivity index is 3.33. The van der Waals surface area contributed by atoms with Crippen LogP contribution in [0, 0.1) is 0 Å². The molecule has 0 heterocycles. The second-order valence-corrected chi connectivity index (χ2v) is 2.54. The third-order valence-corrected chi connectivity index (χ3v) is 1.40. The van der Waals surface area contributed by atoms with Gasteiger partial charge in [0.2, 0.25) is 10.9 Å². The largest absolute Gasteiger partial charge is 0.396 e. The Labute approximate surface area is 60.8 Å². The van der Waals surface area contributed by atoms with E-state index in [1.165, 1.54) is 0 Å². The number of nitrogens with one attached hydrogen (secondary N) is 1. The van der Waals surface area contributed by atoms with Crippen molar-refractivity contribution in [3.05, 3.63) is 0 Å². The van der Waals surface area contributed by atoms with Gasteiger partial charge in [0.25, 0.3) is 0 Å². The van der Waals surface area contributed by atoms with Crippen molar-refractivity contribution in [3.8, 4) is 0 Å². The summed E-state index contributed by atoms with van der Waals surface area (Å²) in [7, 11) is -2.74. The first-order valence-electron chi connectivity index (χ1n) is 2.86. The van der Waals surface area contributed by atoms with Gasteiger partial charge in [-0.15, -0.1) is 0 Å². The summed E-state index contributed by atoms with van der Waals surface area (Å²) >= 11 is 0. The summed E-state index contributed by atoms with van der Waals surface area (Å²) in [6.45, 7) is -0.0472. The van der Waals surface area contributed by atoms with E-state index in [0.717, 1.165) is 0 Å². The van der Waals surface area contributed by atoms with Crippen molar-refractivity contribution < 1.29 is 18.6 Å². The van der Waals surface area contributed by atoms with Crippen molar-refractivity contribution in [2.45, 2.75) is 19.1 Å². The van der Waals surface area contributed by atoms with Gasteiger partial charge in [-0.25, -0.2) is 8.42 Å². The van der Waals surface area contributed by atoms with E-state index in [0.29, 0.717) is 6.42 Å². The molecule has 0 aromatic rings. The van der Waals surface area contributed by atoms with E-state index in [1.807, 2.05) is 4.72 Å². The summed E-state index contributed by atoms with van der Waals surface area (Å²) in [6.07, 6.45) is -0.440. The van der Waals surface area contributed by atoms with Crippen molar-refractivity contribution in [2.24, 2.45) is 0 Å². The molecule has 0 spiro atoms. The van der Waals surface area contributed by atoms with Crippen LogP contribution in [-0.4, -0.2) is 31.5 Å². The van der Waals surface area contributed by atoms with Crippen LogP contribution < -0.4 is 4.72 Å². The first-order chi connectivity index (χ1) is 4.66. The lowest BCUT2D eigenvalue weighted by atomic mass is 10.3. The fourth-order valence-corrected chi connectivity index (χ4v) is 0.843. The standard InChI is InChI=1S/C4H11NO4S/c6-3-1-2-4(7)5-10(8)9/h4,6-7,10H,1-3H2,(H,5,8,9). The zero-order chi connectivity index (χ0) is 7.98. The lowest BCUT2D eigenvalue weighted by molar-refractivity contribution is 0.141. The minimum absolute atomic E-state index is 0.0472. The molecule has 10 heavy (non-hydrogen) atoms. The van der Waals surface area contributed by atoms with E-state index in [9.17, 15) is 8.42 Å². The zero-order valence-electron chi connectivity index (χ0n) is 5.36. The van der Waals surface area contributed by atoms with Gasteiger partial charge >= 0.3 is 0 Å². The average molecular weight is 169 g/mol. The van der Waals surface area contributed by atoms with Crippen molar-refractivity contribution in [1.82, 2.24) is 4.72 Å². The second-order valence-electron chi connectivity index (χ2n) is 1.77. The van der Waals surface area contributed by atoms with E-state index in [-0.39, 0.29) is 13.0 Å². The highest BCUT2D eigenvalue weighted by molar-refractivity contribution is 7.70. The van der Waals surface area contributed by atoms with Gasteiger partial charge in [-0.05, 0) is 12.8 Å². The van der Waals surface area contributed by atoms with Gasteiger partial charge in [-0.1, -0.05) is 0 Å². The Morgan fingerprint density at radius 1 is 1.50 bits per heavy atom. The molecule has 0 saturated carbocycles. The molecule has 5 nitrogen and oxygen atoms in total. The monoisotopic (exact) mass is 169 g/mol. The third kappa shape index (κ3) is 5.96. The normalized spacial score (nSPS) is 13.9. The molecule has 0 radical (unpaired) electrons. The van der Waals surface area contributed by atoms with Crippen LogP contribution in [0.25, 0.3) is 0 Å². The van der Waals surface area contributed by atoms with E-state index in [4.69, 9.17) is 10.2 Å². The molecule has 0 saturated heterocycles. The molecule has 0 aromatic heterocycles. The summed E-state index contributed by atoms with van der Waals surface area (Å²) in [5.74, 6) is 0. The van der Waals surface area contributed by atoms with Gasteiger partial charge < -0.3 is 10.2 Å². The lowest BCUT2D eigenvalue weighted by Gasteiger charge is -2.04. The van der Waals surface area contributed by atoms with Crippen molar-refractivity contribution in [3.63, 3.8) is 0 Å². The number of hydrogen-bond donors (Lipinski definition) is 4. The molecule has 0 bridgehead atoms. The number of aliphatic hydroxyl groups excluding tert-OH is 2.